The van der Waals surface area contributed by atoms with E-state index in [-0.39, 0.29) is 30.1 Å². The summed E-state index contributed by atoms with van der Waals surface area (Å²) in [5.41, 5.74) is 2.72. The summed E-state index contributed by atoms with van der Waals surface area (Å²) in [6.45, 7) is 6.37. The molecule has 2 heterocycles. The highest BCUT2D eigenvalue weighted by molar-refractivity contribution is 6.07. The second-order valence-corrected chi connectivity index (χ2v) is 8.86. The van der Waals surface area contributed by atoms with E-state index in [9.17, 15) is 9.59 Å². The van der Waals surface area contributed by atoms with Crippen LogP contribution in [0.3, 0.4) is 0 Å². The molecule has 2 aromatic carbocycles. The summed E-state index contributed by atoms with van der Waals surface area (Å²) in [5, 5.41) is 9.57. The van der Waals surface area contributed by atoms with E-state index in [0.717, 1.165) is 5.56 Å². The zero-order valence-corrected chi connectivity index (χ0v) is 19.3. The van der Waals surface area contributed by atoms with Crippen LogP contribution in [0, 0.1) is 0 Å². The molecule has 0 fully saturated rings. The van der Waals surface area contributed by atoms with Crippen LogP contribution in [0.2, 0.25) is 0 Å². The third-order valence-corrected chi connectivity index (χ3v) is 5.24. The Kier molecular flexibility index (Phi) is 6.58. The van der Waals surface area contributed by atoms with Crippen LogP contribution in [0.25, 0.3) is 11.6 Å². The Morgan fingerprint density at radius 3 is 2.26 bits per heavy atom. The zero-order chi connectivity index (χ0) is 24.1. The van der Waals surface area contributed by atoms with E-state index < -0.39 is 0 Å². The number of aryl methyl sites for hydroxylation is 1. The van der Waals surface area contributed by atoms with Crippen molar-refractivity contribution in [2.24, 2.45) is 0 Å². The Morgan fingerprint density at radius 1 is 0.912 bits per heavy atom. The Labute approximate surface area is 197 Å². The van der Waals surface area contributed by atoms with Crippen molar-refractivity contribution in [1.82, 2.24) is 10.1 Å². The summed E-state index contributed by atoms with van der Waals surface area (Å²) in [6, 6.07) is 18.0. The average Bonchev–Trinajstić information content (AvgIpc) is 3.50. The Hall–Kier alpha value is -4.20. The predicted octanol–water partition coefficient (Wildman–Crippen LogP) is 5.45. The first kappa shape index (κ1) is 23.0. The topological polar surface area (TPSA) is 110 Å². The third-order valence-electron chi connectivity index (χ3n) is 5.24. The van der Waals surface area contributed by atoms with E-state index in [1.54, 1.807) is 48.5 Å². The van der Waals surface area contributed by atoms with Gasteiger partial charge in [0.05, 0.1) is 17.6 Å². The fourth-order valence-corrected chi connectivity index (χ4v) is 3.31. The van der Waals surface area contributed by atoms with Gasteiger partial charge in [0, 0.05) is 18.4 Å². The first-order chi connectivity index (χ1) is 16.3. The van der Waals surface area contributed by atoms with E-state index >= 15 is 0 Å². The molecule has 4 aromatic rings. The number of furan rings is 1. The molecular formula is C26H26N4O4. The fraction of sp³-hybridized carbons (Fsp3) is 0.231. The van der Waals surface area contributed by atoms with Crippen LogP contribution in [0.15, 0.2) is 75.9 Å². The summed E-state index contributed by atoms with van der Waals surface area (Å²) >= 11 is 0. The smallest absolute Gasteiger partial charge is 0.255 e. The molecule has 34 heavy (non-hydrogen) atoms. The van der Waals surface area contributed by atoms with Crippen molar-refractivity contribution >= 4 is 23.2 Å². The molecular weight excluding hydrogens is 432 g/mol. The van der Waals surface area contributed by atoms with E-state index in [4.69, 9.17) is 8.94 Å². The van der Waals surface area contributed by atoms with Crippen molar-refractivity contribution in [2.75, 3.05) is 10.6 Å². The molecule has 0 aliphatic rings. The molecule has 2 amide bonds. The predicted molar refractivity (Wildman–Crippen MR) is 128 cm³/mol. The van der Waals surface area contributed by atoms with Gasteiger partial charge in [0.2, 0.25) is 17.6 Å². The van der Waals surface area contributed by atoms with Gasteiger partial charge in [-0.3, -0.25) is 9.59 Å². The number of nitrogens with zero attached hydrogens (tertiary/aromatic N) is 2. The molecule has 0 radical (unpaired) electrons. The average molecular weight is 459 g/mol. The number of anilines is 2. The fourth-order valence-electron chi connectivity index (χ4n) is 3.31. The van der Waals surface area contributed by atoms with Crippen LogP contribution < -0.4 is 10.6 Å². The summed E-state index contributed by atoms with van der Waals surface area (Å²) < 4.78 is 10.4. The zero-order valence-electron chi connectivity index (χ0n) is 19.3. The molecule has 2 N–H and O–H groups in total. The number of para-hydroxylation sites is 2. The highest BCUT2D eigenvalue weighted by atomic mass is 16.5. The van der Waals surface area contributed by atoms with Gasteiger partial charge in [-0.05, 0) is 47.4 Å². The molecule has 174 valence electrons. The SMILES string of the molecule is CC(C)(C)c1ccc(C(=O)Nc2ccccc2NC(=O)CCc2nc(-c3ccco3)no2)cc1. The van der Waals surface area contributed by atoms with Crippen LogP contribution in [-0.2, 0) is 16.6 Å². The summed E-state index contributed by atoms with van der Waals surface area (Å²) in [4.78, 5) is 29.5. The van der Waals surface area contributed by atoms with E-state index in [1.807, 2.05) is 12.1 Å². The van der Waals surface area contributed by atoms with Gasteiger partial charge in [0.15, 0.2) is 5.76 Å². The lowest BCUT2D eigenvalue weighted by molar-refractivity contribution is -0.116. The lowest BCUT2D eigenvalue weighted by atomic mass is 9.87. The number of carbonyl (C=O) groups excluding carboxylic acids is 2. The lowest BCUT2D eigenvalue weighted by Gasteiger charge is -2.19. The molecule has 2 aromatic heterocycles. The number of nitrogens with one attached hydrogen (secondary N) is 2. The van der Waals surface area contributed by atoms with Gasteiger partial charge >= 0.3 is 0 Å². The first-order valence-corrected chi connectivity index (χ1v) is 11.0. The molecule has 8 heteroatoms. The number of amides is 2. The number of hydrogen-bond donors (Lipinski definition) is 2. The van der Waals surface area contributed by atoms with Crippen LogP contribution in [-0.4, -0.2) is 22.0 Å². The maximum atomic E-state index is 12.8. The van der Waals surface area contributed by atoms with Gasteiger partial charge in [-0.1, -0.05) is 50.2 Å². The van der Waals surface area contributed by atoms with Gasteiger partial charge in [0.1, 0.15) is 0 Å². The normalized spacial score (nSPS) is 11.3. The van der Waals surface area contributed by atoms with Gasteiger partial charge in [0.25, 0.3) is 5.91 Å². The maximum absolute atomic E-state index is 12.8. The molecule has 0 atom stereocenters. The highest BCUT2D eigenvalue weighted by Crippen LogP contribution is 2.25. The molecule has 0 saturated heterocycles. The molecule has 0 bridgehead atoms. The van der Waals surface area contributed by atoms with E-state index in [0.29, 0.717) is 34.4 Å². The lowest BCUT2D eigenvalue weighted by Crippen LogP contribution is -2.17. The van der Waals surface area contributed by atoms with Crippen LogP contribution >= 0.6 is 0 Å². The van der Waals surface area contributed by atoms with Gasteiger partial charge in [-0.2, -0.15) is 4.98 Å². The molecule has 0 saturated carbocycles. The highest BCUT2D eigenvalue weighted by Gasteiger charge is 2.16. The van der Waals surface area contributed by atoms with Crippen LogP contribution in [0.1, 0.15) is 49.0 Å². The largest absolute Gasteiger partial charge is 0.461 e. The van der Waals surface area contributed by atoms with Gasteiger partial charge in [-0.15, -0.1) is 0 Å². The Morgan fingerprint density at radius 2 is 1.62 bits per heavy atom. The first-order valence-electron chi connectivity index (χ1n) is 11.0. The van der Waals surface area contributed by atoms with Crippen LogP contribution in [0.5, 0.6) is 0 Å². The molecule has 0 unspecified atom stereocenters. The number of rotatable bonds is 7. The Bertz CT molecular complexity index is 1270. The van der Waals surface area contributed by atoms with Crippen molar-refractivity contribution in [2.45, 2.75) is 39.0 Å². The number of hydrogen-bond acceptors (Lipinski definition) is 6. The van der Waals surface area contributed by atoms with Gasteiger partial charge in [-0.25, -0.2) is 0 Å². The number of aromatic nitrogens is 2. The molecule has 0 aliphatic heterocycles. The summed E-state index contributed by atoms with van der Waals surface area (Å²) in [7, 11) is 0. The molecule has 0 aliphatic carbocycles. The van der Waals surface area contributed by atoms with Crippen molar-refractivity contribution in [1.29, 1.82) is 0 Å². The molecule has 8 nitrogen and oxygen atoms in total. The van der Waals surface area contributed by atoms with Crippen molar-refractivity contribution in [3.63, 3.8) is 0 Å². The minimum atomic E-state index is -0.251. The monoisotopic (exact) mass is 458 g/mol. The van der Waals surface area contributed by atoms with Crippen molar-refractivity contribution < 1.29 is 18.5 Å². The second-order valence-electron chi connectivity index (χ2n) is 8.86. The number of carbonyl (C=O) groups is 2. The second kappa shape index (κ2) is 9.74. The standard InChI is InChI=1S/C26H26N4O4/c1-26(2,3)18-12-10-17(11-13-18)25(32)28-20-8-5-4-7-19(20)27-22(31)14-15-23-29-24(30-34-23)21-9-6-16-33-21/h4-13,16H,14-15H2,1-3H3,(H,27,31)(H,28,32). The summed E-state index contributed by atoms with van der Waals surface area (Å²) in [6.07, 6.45) is 1.93. The minimum Gasteiger partial charge on any atom is -0.461 e. The summed E-state index contributed by atoms with van der Waals surface area (Å²) in [5.74, 6) is 0.676. The van der Waals surface area contributed by atoms with E-state index in [1.165, 1.54) is 6.26 Å². The molecule has 0 spiro atoms. The minimum absolute atomic E-state index is 0.00739. The number of benzene rings is 2. The maximum Gasteiger partial charge on any atom is 0.255 e. The van der Waals surface area contributed by atoms with E-state index in [2.05, 4.69) is 41.5 Å². The van der Waals surface area contributed by atoms with Gasteiger partial charge < -0.3 is 19.6 Å². The van der Waals surface area contributed by atoms with Crippen LogP contribution in [0.4, 0.5) is 11.4 Å². The molecule has 4 rings (SSSR count). The van der Waals surface area contributed by atoms with Crippen molar-refractivity contribution in [3.8, 4) is 11.6 Å². The quantitative estimate of drug-likeness (QED) is 0.381. The third kappa shape index (κ3) is 5.58. The van der Waals surface area contributed by atoms with Crippen molar-refractivity contribution in [3.05, 3.63) is 83.9 Å². The Balaban J connectivity index is 1.36.